The van der Waals surface area contributed by atoms with Gasteiger partial charge in [0.25, 0.3) is 0 Å². The molecule has 0 aromatic heterocycles. The number of hydrogen-bond donors (Lipinski definition) is 0. The molecule has 0 spiro atoms. The molecule has 0 saturated carbocycles. The molecule has 0 atom stereocenters. The Bertz CT molecular complexity index is 509. The molecule has 0 bridgehead atoms. The van der Waals surface area contributed by atoms with Crippen LogP contribution in [0.5, 0.6) is 0 Å². The molecule has 0 unspecified atom stereocenters. The lowest BCUT2D eigenvalue weighted by Gasteiger charge is -2.06. The van der Waals surface area contributed by atoms with Crippen LogP contribution in [0.2, 0.25) is 0 Å². The van der Waals surface area contributed by atoms with Crippen LogP contribution in [-0.2, 0) is 6.42 Å². The summed E-state index contributed by atoms with van der Waals surface area (Å²) in [6.07, 6.45) is 1.06. The molecule has 1 heteroatoms. The summed E-state index contributed by atoms with van der Waals surface area (Å²) in [5.41, 5.74) is 2.79. The van der Waals surface area contributed by atoms with Gasteiger partial charge in [-0.05, 0) is 17.9 Å². The number of ketones is 1. The molecule has 1 nitrogen and oxygen atoms in total. The van der Waals surface area contributed by atoms with Crippen LogP contribution in [0, 0.1) is 5.92 Å². The van der Waals surface area contributed by atoms with Crippen LogP contribution in [0.4, 0.5) is 0 Å². The third-order valence-corrected chi connectivity index (χ3v) is 2.90. The van der Waals surface area contributed by atoms with E-state index in [1.807, 2.05) is 42.5 Å². The molecule has 0 amide bonds. The zero-order chi connectivity index (χ0) is 13.0. The molecule has 2 aromatic carbocycles. The second kappa shape index (κ2) is 5.63. The van der Waals surface area contributed by atoms with E-state index in [1.54, 1.807) is 0 Å². The molecule has 0 saturated heterocycles. The Kier molecular flexibility index (Phi) is 3.93. The van der Waals surface area contributed by atoms with Crippen molar-refractivity contribution in [1.29, 1.82) is 0 Å². The van der Waals surface area contributed by atoms with E-state index in [2.05, 4.69) is 26.0 Å². The zero-order valence-corrected chi connectivity index (χ0v) is 10.9. The lowest BCUT2D eigenvalue weighted by molar-refractivity contribution is 0.103. The number of carbonyl (C=O) groups is 1. The van der Waals surface area contributed by atoms with E-state index in [-0.39, 0.29) is 5.78 Å². The lowest BCUT2D eigenvalue weighted by atomic mass is 9.98. The number of carbonyl (C=O) groups excluding carboxylic acids is 1. The van der Waals surface area contributed by atoms with E-state index in [1.165, 1.54) is 5.56 Å². The fraction of sp³-hybridized carbons (Fsp3) is 0.235. The first-order valence-electron chi connectivity index (χ1n) is 6.35. The van der Waals surface area contributed by atoms with E-state index in [0.717, 1.165) is 17.5 Å². The minimum atomic E-state index is 0.0895. The van der Waals surface area contributed by atoms with E-state index in [9.17, 15) is 4.79 Å². The smallest absolute Gasteiger partial charge is 0.193 e. The maximum atomic E-state index is 12.2. The van der Waals surface area contributed by atoms with Crippen LogP contribution in [-0.4, -0.2) is 5.78 Å². The van der Waals surface area contributed by atoms with Crippen LogP contribution >= 0.6 is 0 Å². The topological polar surface area (TPSA) is 17.1 Å². The van der Waals surface area contributed by atoms with E-state index in [4.69, 9.17) is 0 Å². The predicted molar refractivity (Wildman–Crippen MR) is 74.9 cm³/mol. The molecule has 0 N–H and O–H groups in total. The highest BCUT2D eigenvalue weighted by Crippen LogP contribution is 2.13. The quantitative estimate of drug-likeness (QED) is 0.732. The molecule has 0 fully saturated rings. The summed E-state index contributed by atoms with van der Waals surface area (Å²) < 4.78 is 0. The molecule has 18 heavy (non-hydrogen) atoms. The van der Waals surface area contributed by atoms with Crippen molar-refractivity contribution >= 4 is 5.78 Å². The first-order valence-corrected chi connectivity index (χ1v) is 6.35. The Hall–Kier alpha value is -1.89. The molecular formula is C17H18O. The van der Waals surface area contributed by atoms with E-state index in [0.29, 0.717) is 5.92 Å². The van der Waals surface area contributed by atoms with Gasteiger partial charge in [0.15, 0.2) is 5.78 Å². The lowest BCUT2D eigenvalue weighted by Crippen LogP contribution is -2.01. The highest BCUT2D eigenvalue weighted by atomic mass is 16.1. The van der Waals surface area contributed by atoms with Crippen LogP contribution in [0.25, 0.3) is 0 Å². The van der Waals surface area contributed by atoms with Gasteiger partial charge in [-0.25, -0.2) is 0 Å². The van der Waals surface area contributed by atoms with Crippen LogP contribution in [0.15, 0.2) is 54.6 Å². The summed E-state index contributed by atoms with van der Waals surface area (Å²) in [4.78, 5) is 12.2. The normalized spacial score (nSPS) is 10.6. The van der Waals surface area contributed by atoms with E-state index < -0.39 is 0 Å². The zero-order valence-electron chi connectivity index (χ0n) is 10.9. The number of hydrogen-bond acceptors (Lipinski definition) is 1. The van der Waals surface area contributed by atoms with Gasteiger partial charge in [0.05, 0.1) is 0 Å². The highest BCUT2D eigenvalue weighted by molar-refractivity contribution is 6.08. The van der Waals surface area contributed by atoms with Crippen molar-refractivity contribution < 1.29 is 4.79 Å². The van der Waals surface area contributed by atoms with Gasteiger partial charge in [-0.1, -0.05) is 68.4 Å². The van der Waals surface area contributed by atoms with Crippen molar-refractivity contribution in [2.24, 2.45) is 5.92 Å². The van der Waals surface area contributed by atoms with Crippen LogP contribution in [0.3, 0.4) is 0 Å². The van der Waals surface area contributed by atoms with Gasteiger partial charge in [0, 0.05) is 11.1 Å². The second-order valence-corrected chi connectivity index (χ2v) is 4.99. The summed E-state index contributed by atoms with van der Waals surface area (Å²) in [5, 5.41) is 0. The highest BCUT2D eigenvalue weighted by Gasteiger charge is 2.08. The molecule has 2 aromatic rings. The fourth-order valence-electron chi connectivity index (χ4n) is 2.02. The Balaban J connectivity index is 2.17. The molecule has 0 heterocycles. The van der Waals surface area contributed by atoms with Gasteiger partial charge in [-0.2, -0.15) is 0 Å². The van der Waals surface area contributed by atoms with Gasteiger partial charge in [0.2, 0.25) is 0 Å². The van der Waals surface area contributed by atoms with Gasteiger partial charge >= 0.3 is 0 Å². The van der Waals surface area contributed by atoms with Gasteiger partial charge in [0.1, 0.15) is 0 Å². The van der Waals surface area contributed by atoms with Gasteiger partial charge in [-0.3, -0.25) is 4.79 Å². The monoisotopic (exact) mass is 238 g/mol. The molecule has 0 aliphatic rings. The van der Waals surface area contributed by atoms with Crippen molar-refractivity contribution in [3.8, 4) is 0 Å². The molecule has 0 aliphatic heterocycles. The van der Waals surface area contributed by atoms with Crippen molar-refractivity contribution in [2.75, 3.05) is 0 Å². The summed E-state index contributed by atoms with van der Waals surface area (Å²) in [6.45, 7) is 4.39. The largest absolute Gasteiger partial charge is 0.289 e. The van der Waals surface area contributed by atoms with Crippen molar-refractivity contribution in [2.45, 2.75) is 20.3 Å². The average molecular weight is 238 g/mol. The van der Waals surface area contributed by atoms with Crippen molar-refractivity contribution in [1.82, 2.24) is 0 Å². The van der Waals surface area contributed by atoms with Gasteiger partial charge < -0.3 is 0 Å². The maximum Gasteiger partial charge on any atom is 0.193 e. The van der Waals surface area contributed by atoms with Crippen LogP contribution < -0.4 is 0 Å². The molecule has 2 rings (SSSR count). The summed E-state index contributed by atoms with van der Waals surface area (Å²) in [6, 6.07) is 17.4. The SMILES string of the molecule is CC(C)Cc1ccc(C(=O)c2ccccc2)cc1. The average Bonchev–Trinajstić information content (AvgIpc) is 2.39. The molecule has 92 valence electrons. The van der Waals surface area contributed by atoms with Gasteiger partial charge in [-0.15, -0.1) is 0 Å². The first-order chi connectivity index (χ1) is 8.66. The van der Waals surface area contributed by atoms with Crippen molar-refractivity contribution in [3.63, 3.8) is 0 Å². The maximum absolute atomic E-state index is 12.2. The number of rotatable bonds is 4. The third-order valence-electron chi connectivity index (χ3n) is 2.90. The standard InChI is InChI=1S/C17H18O/c1-13(2)12-14-8-10-16(11-9-14)17(18)15-6-4-3-5-7-15/h3-11,13H,12H2,1-2H3. The van der Waals surface area contributed by atoms with E-state index >= 15 is 0 Å². The minimum absolute atomic E-state index is 0.0895. The Morgan fingerprint density at radius 3 is 2.00 bits per heavy atom. The summed E-state index contributed by atoms with van der Waals surface area (Å²) in [5.74, 6) is 0.729. The molecule has 0 aliphatic carbocycles. The van der Waals surface area contributed by atoms with Crippen molar-refractivity contribution in [3.05, 3.63) is 71.3 Å². The third kappa shape index (κ3) is 3.07. The Morgan fingerprint density at radius 2 is 1.44 bits per heavy atom. The summed E-state index contributed by atoms with van der Waals surface area (Å²) in [7, 11) is 0. The summed E-state index contributed by atoms with van der Waals surface area (Å²) >= 11 is 0. The molecule has 0 radical (unpaired) electrons. The fourth-order valence-corrected chi connectivity index (χ4v) is 2.02. The Morgan fingerprint density at radius 1 is 0.889 bits per heavy atom. The first kappa shape index (κ1) is 12.6. The molecular weight excluding hydrogens is 220 g/mol. The second-order valence-electron chi connectivity index (χ2n) is 4.99. The van der Waals surface area contributed by atoms with Crippen LogP contribution in [0.1, 0.15) is 35.3 Å². The minimum Gasteiger partial charge on any atom is -0.289 e. The Labute approximate surface area is 108 Å². The number of benzene rings is 2. The predicted octanol–water partition coefficient (Wildman–Crippen LogP) is 4.12.